The molecule has 0 radical (unpaired) electrons. The van der Waals surface area contributed by atoms with Gasteiger partial charge in [-0.05, 0) is 43.3 Å². The largest absolute Gasteiger partial charge is 0.350 e. The molecule has 0 spiro atoms. The minimum atomic E-state index is 0.0270. The first-order valence-corrected chi connectivity index (χ1v) is 9.87. The van der Waals surface area contributed by atoms with E-state index in [1.165, 1.54) is 32.6 Å². The Balaban J connectivity index is 1.64. The van der Waals surface area contributed by atoms with Crippen molar-refractivity contribution in [1.29, 1.82) is 0 Å². The van der Waals surface area contributed by atoms with Gasteiger partial charge in [-0.2, -0.15) is 0 Å². The van der Waals surface area contributed by atoms with Gasteiger partial charge in [-0.1, -0.05) is 11.8 Å². The Hall–Kier alpha value is -1.44. The van der Waals surface area contributed by atoms with Crippen LogP contribution in [-0.2, 0) is 11.3 Å². The topological polar surface area (TPSA) is 54.9 Å². The van der Waals surface area contributed by atoms with Crippen molar-refractivity contribution in [2.75, 3.05) is 5.75 Å². The molecular weight excluding hydrogens is 346 g/mol. The fourth-order valence-electron chi connectivity index (χ4n) is 2.21. The quantitative estimate of drug-likeness (QED) is 0.548. The molecule has 3 aromatic heterocycles. The Kier molecular flexibility index (Phi) is 4.99. The summed E-state index contributed by atoms with van der Waals surface area (Å²) < 4.78 is 0. The van der Waals surface area contributed by atoms with Gasteiger partial charge in [-0.15, -0.1) is 22.7 Å². The van der Waals surface area contributed by atoms with E-state index in [-0.39, 0.29) is 5.91 Å². The Morgan fingerprint density at radius 3 is 2.87 bits per heavy atom. The summed E-state index contributed by atoms with van der Waals surface area (Å²) >= 11 is 4.82. The fraction of sp³-hybridized carbons (Fsp3) is 0.312. The minimum absolute atomic E-state index is 0.0270. The predicted molar refractivity (Wildman–Crippen MR) is 98.5 cm³/mol. The average molecular weight is 364 g/mol. The van der Waals surface area contributed by atoms with Crippen LogP contribution in [-0.4, -0.2) is 21.6 Å². The molecule has 4 nitrogen and oxygen atoms in total. The highest BCUT2D eigenvalue weighted by atomic mass is 32.2. The van der Waals surface area contributed by atoms with E-state index in [1.807, 2.05) is 5.38 Å². The van der Waals surface area contributed by atoms with Gasteiger partial charge in [0.15, 0.2) is 0 Å². The van der Waals surface area contributed by atoms with Crippen LogP contribution < -0.4 is 5.32 Å². The zero-order valence-electron chi connectivity index (χ0n) is 13.2. The molecule has 0 fully saturated rings. The van der Waals surface area contributed by atoms with Crippen molar-refractivity contribution in [3.8, 4) is 0 Å². The Bertz CT molecular complexity index is 853. The van der Waals surface area contributed by atoms with E-state index in [0.717, 1.165) is 15.2 Å². The van der Waals surface area contributed by atoms with Gasteiger partial charge in [0.05, 0.1) is 12.3 Å². The van der Waals surface area contributed by atoms with Crippen molar-refractivity contribution >= 4 is 50.6 Å². The van der Waals surface area contributed by atoms with Gasteiger partial charge >= 0.3 is 0 Å². The van der Waals surface area contributed by atoms with Crippen molar-refractivity contribution in [1.82, 2.24) is 15.3 Å². The summed E-state index contributed by atoms with van der Waals surface area (Å²) in [5, 5.41) is 6.99. The molecule has 0 aliphatic rings. The Morgan fingerprint density at radius 1 is 1.30 bits per heavy atom. The number of nitrogens with zero attached hydrogens (tertiary/aromatic N) is 2. The molecule has 0 saturated heterocycles. The fourth-order valence-corrected chi connectivity index (χ4v) is 5.00. The molecular formula is C16H17N3OS3. The summed E-state index contributed by atoms with van der Waals surface area (Å²) in [5.74, 6) is 0.393. The second-order valence-corrected chi connectivity index (χ2v) is 8.40. The number of hydrogen-bond donors (Lipinski definition) is 1. The lowest BCUT2D eigenvalue weighted by molar-refractivity contribution is -0.118. The maximum absolute atomic E-state index is 12.1. The standard InChI is InChI=1S/C16H17N3OS3/c1-9-4-5-21-12(9)6-17-13(20)7-22-15-14-10(2)11(3)23-16(14)19-8-18-15/h4-5,8H,6-7H2,1-3H3,(H,17,20). The molecule has 3 aromatic rings. The lowest BCUT2D eigenvalue weighted by Gasteiger charge is -2.05. The molecule has 0 bridgehead atoms. The minimum Gasteiger partial charge on any atom is -0.350 e. The molecule has 1 amide bonds. The Morgan fingerprint density at radius 2 is 2.13 bits per heavy atom. The summed E-state index contributed by atoms with van der Waals surface area (Å²) in [6.07, 6.45) is 1.58. The lowest BCUT2D eigenvalue weighted by atomic mass is 10.2. The number of nitrogens with one attached hydrogen (secondary N) is 1. The van der Waals surface area contributed by atoms with Gasteiger partial charge in [0.2, 0.25) is 5.91 Å². The van der Waals surface area contributed by atoms with E-state index in [4.69, 9.17) is 0 Å². The molecule has 3 heterocycles. The zero-order valence-corrected chi connectivity index (χ0v) is 15.6. The van der Waals surface area contributed by atoms with Crippen LogP contribution in [0.5, 0.6) is 0 Å². The van der Waals surface area contributed by atoms with E-state index in [9.17, 15) is 4.79 Å². The van der Waals surface area contributed by atoms with Crippen LogP contribution in [0.2, 0.25) is 0 Å². The maximum Gasteiger partial charge on any atom is 0.230 e. The summed E-state index contributed by atoms with van der Waals surface area (Å²) in [7, 11) is 0. The highest BCUT2D eigenvalue weighted by Crippen LogP contribution is 2.34. The van der Waals surface area contributed by atoms with E-state index in [0.29, 0.717) is 12.3 Å². The number of amides is 1. The van der Waals surface area contributed by atoms with Crippen molar-refractivity contribution < 1.29 is 4.79 Å². The summed E-state index contributed by atoms with van der Waals surface area (Å²) in [6, 6.07) is 2.07. The molecule has 0 atom stereocenters. The molecule has 0 aliphatic carbocycles. The van der Waals surface area contributed by atoms with Crippen LogP contribution in [0, 0.1) is 20.8 Å². The normalized spacial score (nSPS) is 11.1. The number of hydrogen-bond acceptors (Lipinski definition) is 6. The monoisotopic (exact) mass is 363 g/mol. The van der Waals surface area contributed by atoms with Gasteiger partial charge in [0.25, 0.3) is 0 Å². The van der Waals surface area contributed by atoms with Gasteiger partial charge < -0.3 is 5.32 Å². The number of carbonyl (C=O) groups is 1. The number of rotatable bonds is 5. The van der Waals surface area contributed by atoms with E-state index < -0.39 is 0 Å². The third kappa shape index (κ3) is 3.57. The molecule has 0 aliphatic heterocycles. The smallest absolute Gasteiger partial charge is 0.230 e. The third-order valence-corrected chi connectivity index (χ3v) is 6.81. The third-order valence-electron chi connectivity index (χ3n) is 3.68. The van der Waals surface area contributed by atoms with Crippen LogP contribution in [0.4, 0.5) is 0 Å². The van der Waals surface area contributed by atoms with Gasteiger partial charge in [-0.3, -0.25) is 4.79 Å². The van der Waals surface area contributed by atoms with Crippen LogP contribution >= 0.6 is 34.4 Å². The second-order valence-electron chi connectivity index (χ2n) is 5.23. The highest BCUT2D eigenvalue weighted by Gasteiger charge is 2.13. The molecule has 3 rings (SSSR count). The number of thiophene rings is 2. The molecule has 0 saturated carbocycles. The van der Waals surface area contributed by atoms with Crippen molar-refractivity contribution in [3.05, 3.63) is 38.7 Å². The van der Waals surface area contributed by atoms with Crippen molar-refractivity contribution in [2.45, 2.75) is 32.3 Å². The molecule has 0 unspecified atom stereocenters. The maximum atomic E-state index is 12.1. The van der Waals surface area contributed by atoms with Crippen LogP contribution in [0.15, 0.2) is 22.8 Å². The summed E-state index contributed by atoms with van der Waals surface area (Å²) in [6.45, 7) is 6.83. The lowest BCUT2D eigenvalue weighted by Crippen LogP contribution is -2.24. The first kappa shape index (κ1) is 16.4. The Labute approximate surface area is 147 Å². The zero-order chi connectivity index (χ0) is 16.4. The molecule has 0 aromatic carbocycles. The van der Waals surface area contributed by atoms with Gasteiger partial charge in [-0.25, -0.2) is 9.97 Å². The van der Waals surface area contributed by atoms with Crippen LogP contribution in [0.1, 0.15) is 20.9 Å². The van der Waals surface area contributed by atoms with E-state index >= 15 is 0 Å². The number of carbonyl (C=O) groups excluding carboxylic acids is 1. The van der Waals surface area contributed by atoms with Crippen LogP contribution in [0.3, 0.4) is 0 Å². The van der Waals surface area contributed by atoms with Gasteiger partial charge in [0, 0.05) is 15.1 Å². The summed E-state index contributed by atoms with van der Waals surface area (Å²) in [5.41, 5.74) is 2.44. The number of thioether (sulfide) groups is 1. The second kappa shape index (κ2) is 6.98. The first-order valence-electron chi connectivity index (χ1n) is 7.19. The van der Waals surface area contributed by atoms with Gasteiger partial charge in [0.1, 0.15) is 16.2 Å². The van der Waals surface area contributed by atoms with Crippen molar-refractivity contribution in [2.24, 2.45) is 0 Å². The number of aryl methyl sites for hydroxylation is 3. The van der Waals surface area contributed by atoms with E-state index in [2.05, 4.69) is 42.1 Å². The van der Waals surface area contributed by atoms with Crippen LogP contribution in [0.25, 0.3) is 10.2 Å². The molecule has 1 N–H and O–H groups in total. The average Bonchev–Trinajstić information content (AvgIpc) is 3.07. The molecule has 23 heavy (non-hydrogen) atoms. The molecule has 7 heteroatoms. The van der Waals surface area contributed by atoms with E-state index in [1.54, 1.807) is 29.0 Å². The SMILES string of the molecule is Cc1ccsc1CNC(=O)CSc1ncnc2sc(C)c(C)c12. The summed E-state index contributed by atoms with van der Waals surface area (Å²) in [4.78, 5) is 24.2. The molecule has 120 valence electrons. The number of fused-ring (bicyclic) bond motifs is 1. The first-order chi connectivity index (χ1) is 11.1. The van der Waals surface area contributed by atoms with Crippen molar-refractivity contribution in [3.63, 3.8) is 0 Å². The highest BCUT2D eigenvalue weighted by molar-refractivity contribution is 8.00. The number of aromatic nitrogens is 2. The predicted octanol–water partition coefficient (Wildman–Crippen LogP) is 4.09.